The van der Waals surface area contributed by atoms with Crippen LogP contribution in [0.2, 0.25) is 0 Å². The standard InChI is InChI=1S/C19H15F2N5/c20-13-5-6-18(15(21)8-13)26-17-3-1-2-16(14(17)11-24-26)25-19-7-4-12(9-22)10-23-19/h4-8,10-11,16H,1-3H2,(H,23,25)/t16-/m0/s1. The summed E-state index contributed by atoms with van der Waals surface area (Å²) in [5.41, 5.74) is 2.63. The average Bonchev–Trinajstić information content (AvgIpc) is 3.07. The molecule has 2 aromatic heterocycles. The van der Waals surface area contributed by atoms with E-state index in [1.807, 2.05) is 6.07 Å². The average molecular weight is 351 g/mol. The molecule has 1 aliphatic carbocycles. The van der Waals surface area contributed by atoms with Crippen LogP contribution in [-0.2, 0) is 6.42 Å². The molecule has 0 amide bonds. The van der Waals surface area contributed by atoms with E-state index in [-0.39, 0.29) is 11.7 Å². The zero-order valence-corrected chi connectivity index (χ0v) is 13.8. The number of nitriles is 1. The van der Waals surface area contributed by atoms with Crippen LogP contribution in [0.1, 0.15) is 35.7 Å². The Balaban J connectivity index is 1.65. The first kappa shape index (κ1) is 16.2. The minimum atomic E-state index is -0.639. The fourth-order valence-corrected chi connectivity index (χ4v) is 3.29. The fourth-order valence-electron chi connectivity index (χ4n) is 3.29. The molecule has 2 heterocycles. The Kier molecular flexibility index (Phi) is 4.09. The van der Waals surface area contributed by atoms with Crippen molar-refractivity contribution in [3.63, 3.8) is 0 Å². The molecule has 1 aliphatic rings. The predicted molar refractivity (Wildman–Crippen MR) is 91.7 cm³/mol. The molecule has 0 radical (unpaired) electrons. The topological polar surface area (TPSA) is 66.5 Å². The lowest BCUT2D eigenvalue weighted by molar-refractivity contribution is 0.558. The van der Waals surface area contributed by atoms with Crippen LogP contribution in [0.25, 0.3) is 5.69 Å². The van der Waals surface area contributed by atoms with Gasteiger partial charge in [-0.2, -0.15) is 10.4 Å². The van der Waals surface area contributed by atoms with Crippen LogP contribution < -0.4 is 5.32 Å². The summed E-state index contributed by atoms with van der Waals surface area (Å²) in [7, 11) is 0. The van der Waals surface area contributed by atoms with E-state index in [0.29, 0.717) is 11.4 Å². The van der Waals surface area contributed by atoms with E-state index in [1.54, 1.807) is 23.0 Å². The zero-order chi connectivity index (χ0) is 18.1. The van der Waals surface area contributed by atoms with Crippen LogP contribution in [0.15, 0.2) is 42.7 Å². The van der Waals surface area contributed by atoms with Crippen molar-refractivity contribution in [2.45, 2.75) is 25.3 Å². The van der Waals surface area contributed by atoms with Crippen molar-refractivity contribution in [2.24, 2.45) is 0 Å². The van der Waals surface area contributed by atoms with Gasteiger partial charge in [-0.3, -0.25) is 0 Å². The smallest absolute Gasteiger partial charge is 0.151 e. The SMILES string of the molecule is N#Cc1ccc(N[C@H]2CCCc3c2cnn3-c2ccc(F)cc2F)nc1. The highest BCUT2D eigenvalue weighted by atomic mass is 19.1. The summed E-state index contributed by atoms with van der Waals surface area (Å²) in [6, 6.07) is 8.99. The van der Waals surface area contributed by atoms with Crippen molar-refractivity contribution < 1.29 is 8.78 Å². The van der Waals surface area contributed by atoms with Gasteiger partial charge in [-0.1, -0.05) is 0 Å². The van der Waals surface area contributed by atoms with Crippen molar-refractivity contribution >= 4 is 5.82 Å². The van der Waals surface area contributed by atoms with E-state index in [1.165, 1.54) is 18.3 Å². The van der Waals surface area contributed by atoms with Crippen LogP contribution in [0.5, 0.6) is 0 Å². The molecule has 0 fully saturated rings. The molecule has 3 aromatic rings. The van der Waals surface area contributed by atoms with Gasteiger partial charge >= 0.3 is 0 Å². The first-order valence-electron chi connectivity index (χ1n) is 8.30. The van der Waals surface area contributed by atoms with E-state index in [9.17, 15) is 8.78 Å². The summed E-state index contributed by atoms with van der Waals surface area (Å²) >= 11 is 0. The van der Waals surface area contributed by atoms with E-state index >= 15 is 0 Å². The monoisotopic (exact) mass is 351 g/mol. The van der Waals surface area contributed by atoms with Crippen LogP contribution in [-0.4, -0.2) is 14.8 Å². The summed E-state index contributed by atoms with van der Waals surface area (Å²) in [5, 5.41) is 16.5. The lowest BCUT2D eigenvalue weighted by Crippen LogP contribution is -2.19. The Morgan fingerprint density at radius 1 is 1.19 bits per heavy atom. The quantitative estimate of drug-likeness (QED) is 0.777. The number of rotatable bonds is 3. The van der Waals surface area contributed by atoms with E-state index in [0.717, 1.165) is 36.6 Å². The number of nitrogens with zero attached hydrogens (tertiary/aromatic N) is 4. The highest BCUT2D eigenvalue weighted by Crippen LogP contribution is 2.33. The van der Waals surface area contributed by atoms with Crippen LogP contribution in [0.3, 0.4) is 0 Å². The molecule has 0 bridgehead atoms. The van der Waals surface area contributed by atoms with Gasteiger partial charge in [-0.25, -0.2) is 18.4 Å². The molecule has 0 saturated carbocycles. The minimum absolute atomic E-state index is 0.00329. The molecular formula is C19H15F2N5. The molecular weight excluding hydrogens is 336 g/mol. The van der Waals surface area contributed by atoms with Crippen molar-refractivity contribution in [1.82, 2.24) is 14.8 Å². The number of pyridine rings is 1. The Hall–Kier alpha value is -3.27. The molecule has 1 atom stereocenters. The Labute approximate surface area is 148 Å². The molecule has 4 rings (SSSR count). The van der Waals surface area contributed by atoms with Crippen LogP contribution in [0.4, 0.5) is 14.6 Å². The maximum absolute atomic E-state index is 14.1. The van der Waals surface area contributed by atoms with Gasteiger partial charge in [0, 0.05) is 23.5 Å². The molecule has 130 valence electrons. The number of nitrogens with one attached hydrogen (secondary N) is 1. The summed E-state index contributed by atoms with van der Waals surface area (Å²) in [6.07, 6.45) is 5.81. The van der Waals surface area contributed by atoms with Gasteiger partial charge in [0.25, 0.3) is 0 Å². The minimum Gasteiger partial charge on any atom is -0.363 e. The third-order valence-electron chi connectivity index (χ3n) is 4.54. The second-order valence-corrected chi connectivity index (χ2v) is 6.19. The maximum Gasteiger partial charge on any atom is 0.151 e. The molecule has 26 heavy (non-hydrogen) atoms. The largest absolute Gasteiger partial charge is 0.363 e. The van der Waals surface area contributed by atoms with Gasteiger partial charge < -0.3 is 5.32 Å². The molecule has 0 unspecified atom stereocenters. The molecule has 1 aromatic carbocycles. The summed E-state index contributed by atoms with van der Waals surface area (Å²) in [4.78, 5) is 4.24. The number of benzene rings is 1. The predicted octanol–water partition coefficient (Wildman–Crippen LogP) is 3.91. The summed E-state index contributed by atoms with van der Waals surface area (Å²) in [6.45, 7) is 0. The van der Waals surface area contributed by atoms with E-state index < -0.39 is 11.6 Å². The molecule has 0 spiro atoms. The van der Waals surface area contributed by atoms with Gasteiger partial charge in [-0.15, -0.1) is 0 Å². The maximum atomic E-state index is 14.1. The molecule has 1 N–H and O–H groups in total. The van der Waals surface area contributed by atoms with Gasteiger partial charge in [-0.05, 0) is 43.5 Å². The van der Waals surface area contributed by atoms with E-state index in [2.05, 4.69) is 15.4 Å². The molecule has 5 nitrogen and oxygen atoms in total. The Morgan fingerprint density at radius 2 is 2.08 bits per heavy atom. The highest BCUT2D eigenvalue weighted by molar-refractivity contribution is 5.44. The number of hydrogen-bond acceptors (Lipinski definition) is 4. The van der Waals surface area contributed by atoms with Crippen molar-refractivity contribution in [2.75, 3.05) is 5.32 Å². The number of hydrogen-bond donors (Lipinski definition) is 1. The van der Waals surface area contributed by atoms with Gasteiger partial charge in [0.15, 0.2) is 5.82 Å². The van der Waals surface area contributed by atoms with Gasteiger partial charge in [0.1, 0.15) is 23.4 Å². The van der Waals surface area contributed by atoms with Crippen molar-refractivity contribution in [3.05, 3.63) is 71.2 Å². The third-order valence-corrected chi connectivity index (χ3v) is 4.54. The first-order valence-corrected chi connectivity index (χ1v) is 8.30. The zero-order valence-electron chi connectivity index (χ0n) is 13.8. The van der Waals surface area contributed by atoms with Gasteiger partial charge in [0.05, 0.1) is 17.8 Å². The third kappa shape index (κ3) is 2.90. The molecule has 0 saturated heterocycles. The molecule has 0 aliphatic heterocycles. The second-order valence-electron chi connectivity index (χ2n) is 6.19. The highest BCUT2D eigenvalue weighted by Gasteiger charge is 2.26. The Morgan fingerprint density at radius 3 is 2.81 bits per heavy atom. The number of anilines is 1. The summed E-state index contributed by atoms with van der Waals surface area (Å²) in [5.74, 6) is -0.582. The number of halogens is 2. The van der Waals surface area contributed by atoms with Crippen LogP contribution >= 0.6 is 0 Å². The van der Waals surface area contributed by atoms with Crippen molar-refractivity contribution in [1.29, 1.82) is 5.26 Å². The fraction of sp³-hybridized carbons (Fsp3) is 0.211. The Bertz CT molecular complexity index is 988. The van der Waals surface area contributed by atoms with Crippen LogP contribution in [0, 0.1) is 23.0 Å². The number of fused-ring (bicyclic) bond motifs is 1. The molecule has 7 heteroatoms. The lowest BCUT2D eigenvalue weighted by atomic mass is 9.93. The number of aromatic nitrogens is 3. The normalized spacial score (nSPS) is 16.0. The first-order chi connectivity index (χ1) is 12.7. The van der Waals surface area contributed by atoms with E-state index in [4.69, 9.17) is 5.26 Å². The second kappa shape index (κ2) is 6.56. The summed E-state index contributed by atoms with van der Waals surface area (Å²) < 4.78 is 28.9. The lowest BCUT2D eigenvalue weighted by Gasteiger charge is -2.24. The van der Waals surface area contributed by atoms with Crippen molar-refractivity contribution in [3.8, 4) is 11.8 Å². The van der Waals surface area contributed by atoms with Gasteiger partial charge in [0.2, 0.25) is 0 Å².